The Morgan fingerprint density at radius 1 is 1.17 bits per heavy atom. The van der Waals surface area contributed by atoms with Gasteiger partial charge in [0.15, 0.2) is 5.78 Å². The van der Waals surface area contributed by atoms with Gasteiger partial charge in [0.1, 0.15) is 6.04 Å². The van der Waals surface area contributed by atoms with Crippen molar-refractivity contribution in [3.8, 4) is 0 Å². The summed E-state index contributed by atoms with van der Waals surface area (Å²) in [7, 11) is 1.34. The molecule has 1 aliphatic rings. The lowest BCUT2D eigenvalue weighted by molar-refractivity contribution is -0.154. The van der Waals surface area contributed by atoms with Crippen LogP contribution >= 0.6 is 0 Å². The number of piperidine rings is 1. The third kappa shape index (κ3) is 4.22. The molecule has 5 nitrogen and oxygen atoms in total. The fourth-order valence-corrected chi connectivity index (χ4v) is 3.15. The Labute approximate surface area is 143 Å². The van der Waals surface area contributed by atoms with E-state index in [9.17, 15) is 14.4 Å². The first-order chi connectivity index (χ1) is 11.4. The van der Waals surface area contributed by atoms with E-state index in [0.717, 1.165) is 24.0 Å². The molecule has 0 N–H and O–H groups in total. The summed E-state index contributed by atoms with van der Waals surface area (Å²) < 4.78 is 4.79. The first-order valence-corrected chi connectivity index (χ1v) is 8.41. The molecule has 1 fully saturated rings. The number of esters is 1. The minimum absolute atomic E-state index is 0.0313. The molecule has 1 saturated heterocycles. The Morgan fingerprint density at radius 2 is 1.92 bits per heavy atom. The zero-order valence-electron chi connectivity index (χ0n) is 14.6. The number of carbonyl (C=O) groups excluding carboxylic acids is 3. The van der Waals surface area contributed by atoms with Crippen LogP contribution in [0.1, 0.15) is 53.6 Å². The van der Waals surface area contributed by atoms with Crippen LogP contribution in [0.5, 0.6) is 0 Å². The number of rotatable bonds is 5. The van der Waals surface area contributed by atoms with Gasteiger partial charge in [0.2, 0.25) is 5.91 Å². The van der Waals surface area contributed by atoms with Crippen LogP contribution in [0.15, 0.2) is 18.2 Å². The second-order valence-electron chi connectivity index (χ2n) is 6.36. The molecule has 1 aromatic rings. The van der Waals surface area contributed by atoms with Crippen molar-refractivity contribution in [2.45, 2.75) is 52.0 Å². The van der Waals surface area contributed by atoms with Crippen molar-refractivity contribution in [3.05, 3.63) is 34.9 Å². The van der Waals surface area contributed by atoms with Gasteiger partial charge in [0.25, 0.3) is 0 Å². The number of nitrogens with zero attached hydrogens (tertiary/aromatic N) is 1. The lowest BCUT2D eigenvalue weighted by atomic mass is 9.98. The summed E-state index contributed by atoms with van der Waals surface area (Å²) >= 11 is 0. The molecule has 1 unspecified atom stereocenters. The summed E-state index contributed by atoms with van der Waals surface area (Å²) in [5, 5.41) is 0. The maximum atomic E-state index is 12.5. The number of ketones is 1. The van der Waals surface area contributed by atoms with Crippen molar-refractivity contribution in [1.29, 1.82) is 0 Å². The van der Waals surface area contributed by atoms with E-state index in [-0.39, 0.29) is 30.5 Å². The zero-order valence-corrected chi connectivity index (χ0v) is 14.6. The first kappa shape index (κ1) is 18.2. The SMILES string of the molecule is COC(=O)C1CCCCN1C(=O)CCC(=O)c1cc(C)ccc1C. The standard InChI is InChI=1S/C19H25NO4/c1-13-7-8-14(2)15(12-13)17(21)9-10-18(22)20-11-5-4-6-16(20)19(23)24-3/h7-8,12,16H,4-6,9-11H2,1-3H3. The highest BCUT2D eigenvalue weighted by molar-refractivity contribution is 5.99. The Bertz CT molecular complexity index is 638. The van der Waals surface area contributed by atoms with Crippen LogP contribution in [-0.4, -0.2) is 42.3 Å². The van der Waals surface area contributed by atoms with E-state index >= 15 is 0 Å². The van der Waals surface area contributed by atoms with Crippen molar-refractivity contribution in [1.82, 2.24) is 4.90 Å². The number of Topliss-reactive ketones (excluding diaryl/α,β-unsaturated/α-hetero) is 1. The molecule has 130 valence electrons. The number of likely N-dealkylation sites (tertiary alicyclic amines) is 1. The predicted octanol–water partition coefficient (Wildman–Crippen LogP) is 2.82. The Morgan fingerprint density at radius 3 is 2.62 bits per heavy atom. The number of benzene rings is 1. The third-order valence-electron chi connectivity index (χ3n) is 4.56. The highest BCUT2D eigenvalue weighted by Crippen LogP contribution is 2.20. The summed E-state index contributed by atoms with van der Waals surface area (Å²) in [6.07, 6.45) is 2.70. The number of methoxy groups -OCH3 is 1. The molecule has 5 heteroatoms. The van der Waals surface area contributed by atoms with Gasteiger partial charge in [-0.1, -0.05) is 17.7 Å². The highest BCUT2D eigenvalue weighted by Gasteiger charge is 2.32. The fraction of sp³-hybridized carbons (Fsp3) is 0.526. The molecule has 2 rings (SSSR count). The van der Waals surface area contributed by atoms with Crippen molar-refractivity contribution in [2.24, 2.45) is 0 Å². The quantitative estimate of drug-likeness (QED) is 0.615. The molecule has 1 heterocycles. The molecule has 1 aliphatic heterocycles. The van der Waals surface area contributed by atoms with Crippen molar-refractivity contribution in [3.63, 3.8) is 0 Å². The maximum Gasteiger partial charge on any atom is 0.328 e. The van der Waals surface area contributed by atoms with Crippen LogP contribution in [0.25, 0.3) is 0 Å². The summed E-state index contributed by atoms with van der Waals surface area (Å²) in [6, 6.07) is 5.24. The molecule has 1 amide bonds. The van der Waals surface area contributed by atoms with Crippen LogP contribution in [0, 0.1) is 13.8 Å². The van der Waals surface area contributed by atoms with Gasteiger partial charge in [-0.25, -0.2) is 4.79 Å². The zero-order chi connectivity index (χ0) is 17.7. The molecular weight excluding hydrogens is 306 g/mol. The molecule has 0 aromatic heterocycles. The van der Waals surface area contributed by atoms with Gasteiger partial charge < -0.3 is 9.64 Å². The lowest BCUT2D eigenvalue weighted by Crippen LogP contribution is -2.48. The van der Waals surface area contributed by atoms with Gasteiger partial charge >= 0.3 is 5.97 Å². The van der Waals surface area contributed by atoms with E-state index in [1.165, 1.54) is 7.11 Å². The van der Waals surface area contributed by atoms with Crippen LogP contribution in [0.3, 0.4) is 0 Å². The van der Waals surface area contributed by atoms with Gasteiger partial charge in [-0.3, -0.25) is 9.59 Å². The topological polar surface area (TPSA) is 63.7 Å². The molecule has 0 aliphatic carbocycles. The average Bonchev–Trinajstić information content (AvgIpc) is 2.60. The van der Waals surface area contributed by atoms with E-state index in [4.69, 9.17) is 4.74 Å². The minimum atomic E-state index is -0.507. The fourth-order valence-electron chi connectivity index (χ4n) is 3.15. The largest absolute Gasteiger partial charge is 0.467 e. The van der Waals surface area contributed by atoms with Gasteiger partial charge in [-0.2, -0.15) is 0 Å². The number of ether oxygens (including phenoxy) is 1. The lowest BCUT2D eigenvalue weighted by Gasteiger charge is -2.33. The van der Waals surface area contributed by atoms with E-state index in [1.807, 2.05) is 32.0 Å². The molecule has 1 atom stereocenters. The van der Waals surface area contributed by atoms with Gasteiger partial charge in [0.05, 0.1) is 7.11 Å². The summed E-state index contributed by atoms with van der Waals surface area (Å²) in [5.41, 5.74) is 2.62. The first-order valence-electron chi connectivity index (χ1n) is 8.41. The van der Waals surface area contributed by atoms with Crippen LogP contribution < -0.4 is 0 Å². The Kier molecular flexibility index (Phi) is 6.12. The summed E-state index contributed by atoms with van der Waals surface area (Å²) in [4.78, 5) is 38.3. The minimum Gasteiger partial charge on any atom is -0.467 e. The van der Waals surface area contributed by atoms with Crippen LogP contribution in [-0.2, 0) is 14.3 Å². The van der Waals surface area contributed by atoms with Gasteiger partial charge in [-0.05, 0) is 44.7 Å². The average molecular weight is 331 g/mol. The summed E-state index contributed by atoms with van der Waals surface area (Å²) in [6.45, 7) is 4.39. The molecular formula is C19H25NO4. The van der Waals surface area contributed by atoms with Crippen molar-refractivity contribution >= 4 is 17.7 Å². The van der Waals surface area contributed by atoms with E-state index in [2.05, 4.69) is 0 Å². The van der Waals surface area contributed by atoms with Crippen LogP contribution in [0.2, 0.25) is 0 Å². The molecule has 0 bridgehead atoms. The second kappa shape index (κ2) is 8.08. The molecule has 0 spiro atoms. The van der Waals surface area contributed by atoms with Gasteiger partial charge in [-0.15, -0.1) is 0 Å². The van der Waals surface area contributed by atoms with Crippen molar-refractivity contribution < 1.29 is 19.1 Å². The molecule has 0 radical (unpaired) electrons. The third-order valence-corrected chi connectivity index (χ3v) is 4.56. The van der Waals surface area contributed by atoms with Crippen molar-refractivity contribution in [2.75, 3.05) is 13.7 Å². The van der Waals surface area contributed by atoms with E-state index in [0.29, 0.717) is 18.5 Å². The number of hydrogen-bond acceptors (Lipinski definition) is 4. The Hall–Kier alpha value is -2.17. The maximum absolute atomic E-state index is 12.5. The normalized spacial score (nSPS) is 17.5. The van der Waals surface area contributed by atoms with Gasteiger partial charge in [0, 0.05) is 24.9 Å². The number of carbonyl (C=O) groups is 3. The molecule has 1 aromatic carbocycles. The number of hydrogen-bond donors (Lipinski definition) is 0. The molecule has 0 saturated carbocycles. The van der Waals surface area contributed by atoms with E-state index in [1.54, 1.807) is 4.90 Å². The van der Waals surface area contributed by atoms with Crippen LogP contribution in [0.4, 0.5) is 0 Å². The molecule has 24 heavy (non-hydrogen) atoms. The Balaban J connectivity index is 2.00. The smallest absolute Gasteiger partial charge is 0.328 e. The van der Waals surface area contributed by atoms with E-state index < -0.39 is 6.04 Å². The number of aryl methyl sites for hydroxylation is 2. The number of amides is 1. The highest BCUT2D eigenvalue weighted by atomic mass is 16.5. The summed E-state index contributed by atoms with van der Waals surface area (Å²) in [5.74, 6) is -0.552. The predicted molar refractivity (Wildman–Crippen MR) is 90.8 cm³/mol. The second-order valence-corrected chi connectivity index (χ2v) is 6.36. The monoisotopic (exact) mass is 331 g/mol.